The van der Waals surface area contributed by atoms with Crippen LogP contribution in [0, 0.1) is 5.92 Å². The van der Waals surface area contributed by atoms with Crippen LogP contribution in [0.4, 0.5) is 0 Å². The van der Waals surface area contributed by atoms with Crippen LogP contribution in [0.15, 0.2) is 22.8 Å². The van der Waals surface area contributed by atoms with Gasteiger partial charge < -0.3 is 14.2 Å². The second kappa shape index (κ2) is 7.20. The fraction of sp³-hybridized carbons (Fsp3) is 0.667. The van der Waals surface area contributed by atoms with Gasteiger partial charge in [0.2, 0.25) is 5.91 Å². The Hall–Kier alpha value is -1.78. The highest BCUT2D eigenvalue weighted by atomic mass is 16.3. The van der Waals surface area contributed by atoms with E-state index >= 15 is 0 Å². The van der Waals surface area contributed by atoms with Crippen molar-refractivity contribution in [2.24, 2.45) is 5.92 Å². The second-order valence-electron chi connectivity index (χ2n) is 6.63. The fourth-order valence-corrected chi connectivity index (χ4v) is 3.84. The summed E-state index contributed by atoms with van der Waals surface area (Å²) in [5.41, 5.74) is 0. The molecule has 1 atom stereocenters. The van der Waals surface area contributed by atoms with Crippen LogP contribution in [0.1, 0.15) is 56.0 Å². The number of hydrogen-bond acceptors (Lipinski definition) is 3. The van der Waals surface area contributed by atoms with Crippen molar-refractivity contribution in [2.45, 2.75) is 51.5 Å². The van der Waals surface area contributed by atoms with Gasteiger partial charge in [-0.1, -0.05) is 6.92 Å². The minimum atomic E-state index is -0.0645. The zero-order chi connectivity index (χ0) is 16.2. The summed E-state index contributed by atoms with van der Waals surface area (Å²) >= 11 is 0. The summed E-state index contributed by atoms with van der Waals surface area (Å²) in [6.07, 6.45) is 7.58. The van der Waals surface area contributed by atoms with Crippen molar-refractivity contribution in [1.82, 2.24) is 9.80 Å². The van der Waals surface area contributed by atoms with Gasteiger partial charge in [-0.15, -0.1) is 0 Å². The third kappa shape index (κ3) is 3.43. The number of carbonyl (C=O) groups is 2. The van der Waals surface area contributed by atoms with Gasteiger partial charge >= 0.3 is 0 Å². The molecule has 23 heavy (non-hydrogen) atoms. The minimum absolute atomic E-state index is 0.0645. The molecule has 2 aliphatic rings. The summed E-state index contributed by atoms with van der Waals surface area (Å²) in [4.78, 5) is 29.0. The molecule has 3 heterocycles. The topological polar surface area (TPSA) is 53.8 Å². The normalized spacial score (nSPS) is 23.1. The molecule has 0 aliphatic carbocycles. The molecule has 3 rings (SSSR count). The molecule has 2 fully saturated rings. The Bertz CT molecular complexity index is 532. The molecule has 0 aromatic carbocycles. The molecule has 0 radical (unpaired) electrons. The first-order valence-electron chi connectivity index (χ1n) is 8.84. The molecular formula is C18H26N2O3. The summed E-state index contributed by atoms with van der Waals surface area (Å²) in [6, 6.07) is 3.84. The lowest BCUT2D eigenvalue weighted by atomic mass is 9.92. The van der Waals surface area contributed by atoms with E-state index in [2.05, 4.69) is 11.8 Å². The third-order valence-electron chi connectivity index (χ3n) is 5.24. The fourth-order valence-electron chi connectivity index (χ4n) is 3.84. The highest BCUT2D eigenvalue weighted by Gasteiger charge is 2.34. The molecule has 0 bridgehead atoms. The molecule has 5 nitrogen and oxygen atoms in total. The Morgan fingerprint density at radius 2 is 1.96 bits per heavy atom. The van der Waals surface area contributed by atoms with E-state index in [9.17, 15) is 9.59 Å². The van der Waals surface area contributed by atoms with E-state index < -0.39 is 0 Å². The van der Waals surface area contributed by atoms with Gasteiger partial charge in [0.15, 0.2) is 5.76 Å². The van der Waals surface area contributed by atoms with Crippen LogP contribution in [0.5, 0.6) is 0 Å². The predicted molar refractivity (Wildman–Crippen MR) is 87.0 cm³/mol. The largest absolute Gasteiger partial charge is 0.459 e. The van der Waals surface area contributed by atoms with Gasteiger partial charge in [-0.3, -0.25) is 9.59 Å². The van der Waals surface area contributed by atoms with E-state index in [4.69, 9.17) is 4.42 Å². The number of amides is 2. The maximum absolute atomic E-state index is 12.8. The molecule has 1 aromatic heterocycles. The lowest BCUT2D eigenvalue weighted by molar-refractivity contribution is -0.140. The van der Waals surface area contributed by atoms with Gasteiger partial charge in [-0.2, -0.15) is 0 Å². The molecule has 0 unspecified atom stereocenters. The highest BCUT2D eigenvalue weighted by molar-refractivity contribution is 5.91. The van der Waals surface area contributed by atoms with E-state index in [1.165, 1.54) is 12.7 Å². The second-order valence-corrected chi connectivity index (χ2v) is 6.63. The van der Waals surface area contributed by atoms with Gasteiger partial charge in [-0.05, 0) is 50.7 Å². The Balaban J connectivity index is 1.56. The molecular weight excluding hydrogens is 292 g/mol. The monoisotopic (exact) mass is 318 g/mol. The van der Waals surface area contributed by atoms with Crippen LogP contribution in [-0.4, -0.2) is 47.3 Å². The van der Waals surface area contributed by atoms with Crippen molar-refractivity contribution in [3.05, 3.63) is 24.2 Å². The van der Waals surface area contributed by atoms with Gasteiger partial charge in [-0.25, -0.2) is 0 Å². The van der Waals surface area contributed by atoms with Gasteiger partial charge in [0.1, 0.15) is 0 Å². The summed E-state index contributed by atoms with van der Waals surface area (Å²) in [5.74, 6) is 0.701. The van der Waals surface area contributed by atoms with Crippen molar-refractivity contribution in [3.63, 3.8) is 0 Å². The average molecular weight is 318 g/mol. The van der Waals surface area contributed by atoms with E-state index in [1.54, 1.807) is 17.0 Å². The summed E-state index contributed by atoms with van der Waals surface area (Å²) in [6.45, 7) is 4.35. The summed E-state index contributed by atoms with van der Waals surface area (Å²) in [7, 11) is 0. The molecule has 2 saturated heterocycles. The quantitative estimate of drug-likeness (QED) is 0.861. The van der Waals surface area contributed by atoms with Crippen LogP contribution < -0.4 is 0 Å². The molecule has 2 aliphatic heterocycles. The van der Waals surface area contributed by atoms with Gasteiger partial charge in [0, 0.05) is 31.6 Å². The molecule has 2 amide bonds. The standard InChI is InChI=1S/C18H26N2O3/c1-2-15-6-3-4-10-20(15)17(21)14-8-11-19(12-9-14)18(22)16-7-5-13-23-16/h5,7,13-15H,2-4,6,8-12H2,1H3/t15-/m0/s1. The predicted octanol–water partition coefficient (Wildman–Crippen LogP) is 2.92. The Morgan fingerprint density at radius 1 is 1.17 bits per heavy atom. The van der Waals surface area contributed by atoms with Crippen LogP contribution in [0.25, 0.3) is 0 Å². The van der Waals surface area contributed by atoms with Crippen molar-refractivity contribution in [1.29, 1.82) is 0 Å². The SMILES string of the molecule is CC[C@H]1CCCCN1C(=O)C1CCN(C(=O)c2ccco2)CC1. The molecule has 0 spiro atoms. The Labute approximate surface area is 137 Å². The molecule has 5 heteroatoms. The smallest absolute Gasteiger partial charge is 0.289 e. The van der Waals surface area contributed by atoms with Gasteiger partial charge in [0.25, 0.3) is 5.91 Å². The van der Waals surface area contributed by atoms with Crippen LogP contribution in [0.2, 0.25) is 0 Å². The highest BCUT2D eigenvalue weighted by Crippen LogP contribution is 2.26. The van der Waals surface area contributed by atoms with Gasteiger partial charge in [0.05, 0.1) is 6.26 Å². The first kappa shape index (κ1) is 16.1. The lowest BCUT2D eigenvalue weighted by Gasteiger charge is -2.39. The van der Waals surface area contributed by atoms with E-state index in [-0.39, 0.29) is 11.8 Å². The number of piperidine rings is 2. The first-order chi connectivity index (χ1) is 11.2. The first-order valence-corrected chi connectivity index (χ1v) is 8.84. The third-order valence-corrected chi connectivity index (χ3v) is 5.24. The van der Waals surface area contributed by atoms with Crippen molar-refractivity contribution >= 4 is 11.8 Å². The van der Waals surface area contributed by atoms with Crippen molar-refractivity contribution in [2.75, 3.05) is 19.6 Å². The average Bonchev–Trinajstić information content (AvgIpc) is 3.15. The van der Waals surface area contributed by atoms with Crippen molar-refractivity contribution < 1.29 is 14.0 Å². The summed E-state index contributed by atoms with van der Waals surface area (Å²) in [5, 5.41) is 0. The number of hydrogen-bond donors (Lipinski definition) is 0. The Morgan fingerprint density at radius 3 is 2.61 bits per heavy atom. The number of furan rings is 1. The van der Waals surface area contributed by atoms with E-state index in [0.29, 0.717) is 30.8 Å². The van der Waals surface area contributed by atoms with Crippen LogP contribution in [-0.2, 0) is 4.79 Å². The number of nitrogens with zero attached hydrogens (tertiary/aromatic N) is 2. The zero-order valence-electron chi connectivity index (χ0n) is 13.9. The minimum Gasteiger partial charge on any atom is -0.459 e. The van der Waals surface area contributed by atoms with Crippen LogP contribution in [0.3, 0.4) is 0 Å². The zero-order valence-corrected chi connectivity index (χ0v) is 13.9. The Kier molecular flexibility index (Phi) is 5.03. The molecule has 126 valence electrons. The number of likely N-dealkylation sites (tertiary alicyclic amines) is 2. The van der Waals surface area contributed by atoms with E-state index in [1.807, 2.05) is 0 Å². The number of carbonyl (C=O) groups excluding carboxylic acids is 2. The number of rotatable bonds is 3. The molecule has 0 saturated carbocycles. The van der Waals surface area contributed by atoms with Crippen molar-refractivity contribution in [3.8, 4) is 0 Å². The van der Waals surface area contributed by atoms with E-state index in [0.717, 1.165) is 38.6 Å². The molecule has 1 aromatic rings. The maximum Gasteiger partial charge on any atom is 0.289 e. The van der Waals surface area contributed by atoms with Crippen LogP contribution >= 0.6 is 0 Å². The summed E-state index contributed by atoms with van der Waals surface area (Å²) < 4.78 is 5.18. The molecule has 0 N–H and O–H groups in total. The lowest BCUT2D eigenvalue weighted by Crippen LogP contribution is -2.49. The maximum atomic E-state index is 12.8.